The molecule has 1 heterocycles. The van der Waals surface area contributed by atoms with Crippen LogP contribution < -0.4 is 5.32 Å². The topological polar surface area (TPSA) is 24.9 Å². The van der Waals surface area contributed by atoms with Gasteiger partial charge in [0.05, 0.1) is 5.56 Å². The largest absolute Gasteiger partial charge is 0.416 e. The van der Waals surface area contributed by atoms with E-state index in [9.17, 15) is 13.2 Å². The molecular weight excluding hydrogens is 277 g/mol. The first-order valence-corrected chi connectivity index (χ1v) is 6.72. The number of unbranched alkanes of at least 4 members (excludes halogenated alkanes) is 2. The van der Waals surface area contributed by atoms with E-state index in [1.807, 2.05) is 6.92 Å². The number of hydrogen-bond acceptors (Lipinski definition) is 2. The van der Waals surface area contributed by atoms with E-state index in [4.69, 9.17) is 11.6 Å². The van der Waals surface area contributed by atoms with E-state index in [-0.39, 0.29) is 17.0 Å². The molecule has 0 spiro atoms. The molecule has 0 saturated heterocycles. The summed E-state index contributed by atoms with van der Waals surface area (Å²) in [4.78, 5) is 3.87. The van der Waals surface area contributed by atoms with Gasteiger partial charge in [-0.25, -0.2) is 4.98 Å². The summed E-state index contributed by atoms with van der Waals surface area (Å²) in [6, 6.07) is 1.88. The number of alkyl halides is 3. The molecule has 2 nitrogen and oxygen atoms in total. The smallest absolute Gasteiger partial charge is 0.368 e. The lowest BCUT2D eigenvalue weighted by Gasteiger charge is -2.16. The summed E-state index contributed by atoms with van der Waals surface area (Å²) in [6.45, 7) is 4.03. The molecule has 0 bridgehead atoms. The zero-order valence-electron chi connectivity index (χ0n) is 11.0. The maximum atomic E-state index is 12.6. The Morgan fingerprint density at radius 1 is 1.32 bits per heavy atom. The normalized spacial score (nSPS) is 13.4. The van der Waals surface area contributed by atoms with Crippen LogP contribution in [0.5, 0.6) is 0 Å². The second-order valence-corrected chi connectivity index (χ2v) is 4.99. The van der Waals surface area contributed by atoms with Crippen molar-refractivity contribution >= 4 is 17.4 Å². The van der Waals surface area contributed by atoms with Gasteiger partial charge in [0.15, 0.2) is 0 Å². The Hall–Kier alpha value is -0.970. The van der Waals surface area contributed by atoms with E-state index >= 15 is 0 Å². The molecule has 6 heteroatoms. The van der Waals surface area contributed by atoms with Crippen LogP contribution in [0.3, 0.4) is 0 Å². The monoisotopic (exact) mass is 294 g/mol. The lowest BCUT2D eigenvalue weighted by Crippen LogP contribution is -2.17. The summed E-state index contributed by atoms with van der Waals surface area (Å²) in [5.41, 5.74) is -0.782. The van der Waals surface area contributed by atoms with Crippen molar-refractivity contribution in [2.75, 3.05) is 5.32 Å². The van der Waals surface area contributed by atoms with Gasteiger partial charge in [-0.1, -0.05) is 37.8 Å². The summed E-state index contributed by atoms with van der Waals surface area (Å²) in [5, 5.41) is 2.80. The van der Waals surface area contributed by atoms with Gasteiger partial charge in [-0.15, -0.1) is 0 Å². The number of nitrogens with one attached hydrogen (secondary N) is 1. The molecule has 0 saturated carbocycles. The minimum atomic E-state index is -4.41. The van der Waals surface area contributed by atoms with Crippen molar-refractivity contribution in [3.05, 3.63) is 22.8 Å². The van der Waals surface area contributed by atoms with Gasteiger partial charge in [0.25, 0.3) is 0 Å². The molecule has 19 heavy (non-hydrogen) atoms. The van der Waals surface area contributed by atoms with Gasteiger partial charge in [0.1, 0.15) is 11.0 Å². The van der Waals surface area contributed by atoms with Crippen LogP contribution in [0, 0.1) is 0 Å². The molecule has 1 aromatic heterocycles. The van der Waals surface area contributed by atoms with Crippen LogP contribution in [-0.4, -0.2) is 11.0 Å². The highest BCUT2D eigenvalue weighted by Crippen LogP contribution is 2.32. The third-order valence-corrected chi connectivity index (χ3v) is 2.95. The van der Waals surface area contributed by atoms with Crippen molar-refractivity contribution in [1.29, 1.82) is 0 Å². The highest BCUT2D eigenvalue weighted by Gasteiger charge is 2.31. The Kier molecular flexibility index (Phi) is 5.91. The summed E-state index contributed by atoms with van der Waals surface area (Å²) in [7, 11) is 0. The minimum Gasteiger partial charge on any atom is -0.368 e. The number of hydrogen-bond donors (Lipinski definition) is 1. The average Bonchev–Trinajstić information content (AvgIpc) is 2.27. The molecule has 1 unspecified atom stereocenters. The van der Waals surface area contributed by atoms with E-state index in [0.29, 0.717) is 0 Å². The molecule has 1 aromatic rings. The molecule has 0 radical (unpaired) electrons. The van der Waals surface area contributed by atoms with Crippen molar-refractivity contribution in [2.24, 2.45) is 0 Å². The van der Waals surface area contributed by atoms with Gasteiger partial charge in [-0.3, -0.25) is 0 Å². The highest BCUT2D eigenvalue weighted by atomic mass is 35.5. The Morgan fingerprint density at radius 3 is 2.58 bits per heavy atom. The van der Waals surface area contributed by atoms with E-state index in [1.165, 1.54) is 0 Å². The number of rotatable bonds is 6. The number of nitrogens with zero attached hydrogens (tertiary/aromatic N) is 1. The molecule has 0 amide bonds. The predicted octanol–water partition coefficient (Wildman–Crippen LogP) is 5.13. The first-order valence-electron chi connectivity index (χ1n) is 6.34. The van der Waals surface area contributed by atoms with E-state index in [0.717, 1.165) is 37.8 Å². The van der Waals surface area contributed by atoms with Gasteiger partial charge in [-0.2, -0.15) is 13.2 Å². The maximum absolute atomic E-state index is 12.6. The zero-order chi connectivity index (χ0) is 14.5. The van der Waals surface area contributed by atoms with E-state index in [1.54, 1.807) is 0 Å². The average molecular weight is 295 g/mol. The Balaban J connectivity index is 2.70. The second kappa shape index (κ2) is 6.98. The molecule has 0 fully saturated rings. The molecule has 1 rings (SSSR count). The first-order chi connectivity index (χ1) is 8.82. The number of halogens is 4. The Bertz CT molecular complexity index is 407. The van der Waals surface area contributed by atoms with Crippen LogP contribution in [-0.2, 0) is 6.18 Å². The SMILES string of the molecule is CCCCCC(C)Nc1cc(C(F)(F)F)cc(Cl)n1. The van der Waals surface area contributed by atoms with Crippen LogP contribution in [0.2, 0.25) is 5.15 Å². The lowest BCUT2D eigenvalue weighted by molar-refractivity contribution is -0.137. The fourth-order valence-corrected chi connectivity index (χ4v) is 1.97. The van der Waals surface area contributed by atoms with Gasteiger partial charge < -0.3 is 5.32 Å². The predicted molar refractivity (Wildman–Crippen MR) is 71.5 cm³/mol. The standard InChI is InChI=1S/C13H18ClF3N2/c1-3-4-5-6-9(2)18-12-8-10(13(15,16)17)7-11(14)19-12/h7-9H,3-6H2,1-2H3,(H,18,19). The van der Waals surface area contributed by atoms with Crippen LogP contribution >= 0.6 is 11.6 Å². The summed E-state index contributed by atoms with van der Waals surface area (Å²) in [5.74, 6) is 0.170. The zero-order valence-corrected chi connectivity index (χ0v) is 11.8. The Morgan fingerprint density at radius 2 is 2.00 bits per heavy atom. The summed E-state index contributed by atoms with van der Waals surface area (Å²) >= 11 is 5.62. The maximum Gasteiger partial charge on any atom is 0.416 e. The molecule has 108 valence electrons. The molecular formula is C13H18ClF3N2. The van der Waals surface area contributed by atoms with Crippen LogP contribution in [0.1, 0.15) is 45.1 Å². The van der Waals surface area contributed by atoms with E-state index < -0.39 is 11.7 Å². The molecule has 1 atom stereocenters. The van der Waals surface area contributed by atoms with Crippen molar-refractivity contribution in [3.63, 3.8) is 0 Å². The first kappa shape index (κ1) is 16.1. The van der Waals surface area contributed by atoms with Crippen molar-refractivity contribution < 1.29 is 13.2 Å². The second-order valence-electron chi connectivity index (χ2n) is 4.60. The minimum absolute atomic E-state index is 0.0681. The van der Waals surface area contributed by atoms with Gasteiger partial charge in [0.2, 0.25) is 0 Å². The van der Waals surface area contributed by atoms with Crippen molar-refractivity contribution in [2.45, 2.75) is 51.7 Å². The highest BCUT2D eigenvalue weighted by molar-refractivity contribution is 6.29. The number of aromatic nitrogens is 1. The van der Waals surface area contributed by atoms with Crippen molar-refractivity contribution in [3.8, 4) is 0 Å². The molecule has 0 aliphatic carbocycles. The lowest BCUT2D eigenvalue weighted by atomic mass is 10.1. The Labute approximate surface area is 116 Å². The number of anilines is 1. The van der Waals surface area contributed by atoms with Crippen LogP contribution in [0.25, 0.3) is 0 Å². The van der Waals surface area contributed by atoms with Gasteiger partial charge in [-0.05, 0) is 25.5 Å². The summed E-state index contributed by atoms with van der Waals surface area (Å²) in [6.07, 6.45) is -0.252. The third-order valence-electron chi connectivity index (χ3n) is 2.76. The molecule has 1 N–H and O–H groups in total. The fraction of sp³-hybridized carbons (Fsp3) is 0.615. The molecule has 0 aromatic carbocycles. The quantitative estimate of drug-likeness (QED) is 0.581. The third kappa shape index (κ3) is 5.68. The van der Waals surface area contributed by atoms with Gasteiger partial charge in [0, 0.05) is 6.04 Å². The fourth-order valence-electron chi connectivity index (χ4n) is 1.76. The van der Waals surface area contributed by atoms with Crippen LogP contribution in [0.15, 0.2) is 12.1 Å². The molecule has 0 aliphatic heterocycles. The number of pyridine rings is 1. The summed E-state index contributed by atoms with van der Waals surface area (Å²) < 4.78 is 37.9. The van der Waals surface area contributed by atoms with Crippen LogP contribution in [0.4, 0.5) is 19.0 Å². The van der Waals surface area contributed by atoms with Crippen molar-refractivity contribution in [1.82, 2.24) is 4.98 Å². The molecule has 0 aliphatic rings. The van der Waals surface area contributed by atoms with Gasteiger partial charge >= 0.3 is 6.18 Å². The van der Waals surface area contributed by atoms with E-state index in [2.05, 4.69) is 17.2 Å².